The third-order valence-electron chi connectivity index (χ3n) is 3.79. The van der Waals surface area contributed by atoms with E-state index in [4.69, 9.17) is 5.11 Å². The molecule has 1 aliphatic rings. The lowest BCUT2D eigenvalue weighted by Gasteiger charge is -2.22. The maximum Gasteiger partial charge on any atom is 0.240 e. The molecular weight excluding hydrogens is 306 g/mol. The summed E-state index contributed by atoms with van der Waals surface area (Å²) >= 11 is 1.84. The van der Waals surface area contributed by atoms with Crippen molar-refractivity contribution in [3.05, 3.63) is 29.8 Å². The van der Waals surface area contributed by atoms with E-state index in [0.29, 0.717) is 17.9 Å². The first kappa shape index (κ1) is 16.8. The van der Waals surface area contributed by atoms with Crippen LogP contribution in [-0.4, -0.2) is 37.2 Å². The number of hydrogen-bond donors (Lipinski definition) is 2. The van der Waals surface area contributed by atoms with Gasteiger partial charge in [0.2, 0.25) is 10.0 Å². The first-order valence-electron chi connectivity index (χ1n) is 7.29. The first-order valence-corrected chi connectivity index (χ1v) is 9.75. The fraction of sp³-hybridized carbons (Fsp3) is 0.600. The molecule has 1 heterocycles. The number of nitrogens with one attached hydrogen (secondary N) is 1. The van der Waals surface area contributed by atoms with Crippen LogP contribution in [0.2, 0.25) is 0 Å². The molecular formula is C15H23NO3S2. The van der Waals surface area contributed by atoms with E-state index in [0.717, 1.165) is 30.6 Å². The maximum atomic E-state index is 12.3. The highest BCUT2D eigenvalue weighted by atomic mass is 32.2. The molecule has 0 radical (unpaired) electrons. The third-order valence-corrected chi connectivity index (χ3v) is 6.75. The van der Waals surface area contributed by atoms with Gasteiger partial charge in [-0.2, -0.15) is 11.8 Å². The summed E-state index contributed by atoms with van der Waals surface area (Å²) in [5.41, 5.74) is 1.04. The van der Waals surface area contributed by atoms with Gasteiger partial charge in [0.1, 0.15) is 0 Å². The molecule has 1 unspecified atom stereocenters. The van der Waals surface area contributed by atoms with E-state index in [1.165, 1.54) is 0 Å². The van der Waals surface area contributed by atoms with Crippen LogP contribution in [0.5, 0.6) is 0 Å². The molecule has 21 heavy (non-hydrogen) atoms. The highest BCUT2D eigenvalue weighted by Gasteiger charge is 2.31. The van der Waals surface area contributed by atoms with Crippen molar-refractivity contribution in [2.24, 2.45) is 0 Å². The number of rotatable bonds is 7. The summed E-state index contributed by atoms with van der Waals surface area (Å²) in [6.07, 6.45) is 3.67. The van der Waals surface area contributed by atoms with Crippen LogP contribution < -0.4 is 4.72 Å². The Bertz CT molecular complexity index is 549. The van der Waals surface area contributed by atoms with Crippen molar-refractivity contribution in [3.8, 4) is 0 Å². The third kappa shape index (κ3) is 4.71. The molecule has 1 aliphatic heterocycles. The molecule has 0 aliphatic carbocycles. The Hall–Kier alpha value is -0.560. The summed E-state index contributed by atoms with van der Waals surface area (Å²) in [5, 5.41) is 8.80. The quantitative estimate of drug-likeness (QED) is 0.805. The van der Waals surface area contributed by atoms with Crippen molar-refractivity contribution in [3.63, 3.8) is 0 Å². The lowest BCUT2D eigenvalue weighted by Crippen LogP contribution is -2.36. The Morgan fingerprint density at radius 3 is 2.62 bits per heavy atom. The summed E-state index contributed by atoms with van der Waals surface area (Å²) in [5.74, 6) is 1.11. The molecule has 0 bridgehead atoms. The second-order valence-corrected chi connectivity index (χ2v) is 9.15. The van der Waals surface area contributed by atoms with Crippen molar-refractivity contribution in [2.45, 2.75) is 42.2 Å². The zero-order valence-electron chi connectivity index (χ0n) is 12.3. The standard InChI is InChI=1S/C15H23NO3S2/c1-15(9-3-11-20-15)12-16-21(18,19)14-7-5-13(6-8-14)4-2-10-17/h5-8,16-17H,2-4,9-12H2,1H3. The second kappa shape index (κ2) is 7.13. The van der Waals surface area contributed by atoms with Crippen LogP contribution in [0.25, 0.3) is 0 Å². The van der Waals surface area contributed by atoms with Crippen LogP contribution in [-0.2, 0) is 16.4 Å². The van der Waals surface area contributed by atoms with Crippen LogP contribution in [0.1, 0.15) is 31.7 Å². The monoisotopic (exact) mass is 329 g/mol. The van der Waals surface area contributed by atoms with Gasteiger partial charge in [0.25, 0.3) is 0 Å². The van der Waals surface area contributed by atoms with Gasteiger partial charge >= 0.3 is 0 Å². The van der Waals surface area contributed by atoms with E-state index >= 15 is 0 Å². The van der Waals surface area contributed by atoms with Crippen molar-refractivity contribution in [1.82, 2.24) is 4.72 Å². The predicted molar refractivity (Wildman–Crippen MR) is 87.1 cm³/mol. The Balaban J connectivity index is 1.98. The van der Waals surface area contributed by atoms with Gasteiger partial charge in [-0.15, -0.1) is 0 Å². The fourth-order valence-corrected chi connectivity index (χ4v) is 4.93. The molecule has 2 rings (SSSR count). The minimum absolute atomic E-state index is 0.0220. The zero-order chi connectivity index (χ0) is 15.3. The molecule has 1 fully saturated rings. The van der Waals surface area contributed by atoms with Crippen LogP contribution in [0.15, 0.2) is 29.2 Å². The Labute approximate surface area is 131 Å². The molecule has 6 heteroatoms. The molecule has 118 valence electrons. The molecule has 4 nitrogen and oxygen atoms in total. The topological polar surface area (TPSA) is 66.4 Å². The molecule has 0 amide bonds. The van der Waals surface area contributed by atoms with Gasteiger partial charge in [0, 0.05) is 17.9 Å². The number of hydrogen-bond acceptors (Lipinski definition) is 4. The van der Waals surface area contributed by atoms with Gasteiger partial charge in [0.15, 0.2) is 0 Å². The average molecular weight is 329 g/mol. The highest BCUT2D eigenvalue weighted by Crippen LogP contribution is 2.37. The number of aryl methyl sites for hydroxylation is 1. The number of aliphatic hydroxyl groups excluding tert-OH is 1. The fourth-order valence-electron chi connectivity index (χ4n) is 2.43. The molecule has 0 spiro atoms. The van der Waals surface area contributed by atoms with E-state index in [1.807, 2.05) is 23.9 Å². The maximum absolute atomic E-state index is 12.3. The highest BCUT2D eigenvalue weighted by molar-refractivity contribution is 8.01. The van der Waals surface area contributed by atoms with Gasteiger partial charge in [-0.25, -0.2) is 13.1 Å². The lowest BCUT2D eigenvalue weighted by atomic mass is 10.1. The van der Waals surface area contributed by atoms with E-state index in [2.05, 4.69) is 11.6 Å². The predicted octanol–water partition coefficient (Wildman–Crippen LogP) is 2.18. The second-order valence-electron chi connectivity index (χ2n) is 5.70. The van der Waals surface area contributed by atoms with Crippen LogP contribution >= 0.6 is 11.8 Å². The SMILES string of the molecule is CC1(CNS(=O)(=O)c2ccc(CCCO)cc2)CCCS1. The number of aliphatic hydroxyl groups is 1. The minimum Gasteiger partial charge on any atom is -0.396 e. The molecule has 1 saturated heterocycles. The molecule has 1 aromatic carbocycles. The van der Waals surface area contributed by atoms with Crippen molar-refractivity contribution in [1.29, 1.82) is 0 Å². The summed E-state index contributed by atoms with van der Waals surface area (Å²) in [6.45, 7) is 2.75. The molecule has 0 aromatic heterocycles. The van der Waals surface area contributed by atoms with Crippen LogP contribution in [0.3, 0.4) is 0 Å². The van der Waals surface area contributed by atoms with Crippen LogP contribution in [0.4, 0.5) is 0 Å². The summed E-state index contributed by atoms with van der Waals surface area (Å²) in [6, 6.07) is 6.91. The van der Waals surface area contributed by atoms with E-state index in [-0.39, 0.29) is 11.4 Å². The first-order chi connectivity index (χ1) is 9.95. The van der Waals surface area contributed by atoms with Crippen molar-refractivity contribution < 1.29 is 13.5 Å². The number of sulfonamides is 1. The largest absolute Gasteiger partial charge is 0.396 e. The van der Waals surface area contributed by atoms with E-state index in [9.17, 15) is 8.42 Å². The van der Waals surface area contributed by atoms with Crippen LogP contribution in [0, 0.1) is 0 Å². The molecule has 1 aromatic rings. The Morgan fingerprint density at radius 1 is 1.33 bits per heavy atom. The Kier molecular flexibility index (Phi) is 5.71. The molecule has 2 N–H and O–H groups in total. The van der Waals surface area contributed by atoms with Gasteiger partial charge in [-0.3, -0.25) is 0 Å². The minimum atomic E-state index is -3.44. The zero-order valence-corrected chi connectivity index (χ0v) is 14.0. The molecule has 1 atom stereocenters. The molecule has 0 saturated carbocycles. The van der Waals surface area contributed by atoms with Crippen molar-refractivity contribution in [2.75, 3.05) is 18.9 Å². The van der Waals surface area contributed by atoms with E-state index < -0.39 is 10.0 Å². The van der Waals surface area contributed by atoms with Crippen molar-refractivity contribution >= 4 is 21.8 Å². The smallest absolute Gasteiger partial charge is 0.240 e. The van der Waals surface area contributed by atoms with E-state index in [1.54, 1.807) is 12.1 Å². The lowest BCUT2D eigenvalue weighted by molar-refractivity contribution is 0.288. The number of thioether (sulfide) groups is 1. The average Bonchev–Trinajstić information content (AvgIpc) is 2.91. The normalized spacial score (nSPS) is 22.6. The summed E-state index contributed by atoms with van der Waals surface area (Å²) in [4.78, 5) is 0.307. The van der Waals surface area contributed by atoms with Gasteiger partial charge in [-0.1, -0.05) is 12.1 Å². The Morgan fingerprint density at radius 2 is 2.05 bits per heavy atom. The van der Waals surface area contributed by atoms with Gasteiger partial charge < -0.3 is 5.11 Å². The van der Waals surface area contributed by atoms with Gasteiger partial charge in [0.05, 0.1) is 4.90 Å². The van der Waals surface area contributed by atoms with Gasteiger partial charge in [-0.05, 0) is 56.1 Å². The number of benzene rings is 1. The summed E-state index contributed by atoms with van der Waals surface area (Å²) in [7, 11) is -3.44. The summed E-state index contributed by atoms with van der Waals surface area (Å²) < 4.78 is 27.3.